The van der Waals surface area contributed by atoms with E-state index in [4.69, 9.17) is 4.74 Å². The van der Waals surface area contributed by atoms with Gasteiger partial charge < -0.3 is 9.30 Å². The maximum atomic E-state index is 12.7. The molecule has 0 saturated heterocycles. The molecule has 37 heavy (non-hydrogen) atoms. The van der Waals surface area contributed by atoms with Crippen LogP contribution < -0.4 is 10.2 Å². The van der Waals surface area contributed by atoms with Gasteiger partial charge >= 0.3 is 0 Å². The quantitative estimate of drug-likeness (QED) is 0.123. The molecule has 0 atom stereocenters. The summed E-state index contributed by atoms with van der Waals surface area (Å²) in [5, 5.41) is 4.12. The molecule has 0 aliphatic carbocycles. The first-order valence-corrected chi connectivity index (χ1v) is 12.8. The van der Waals surface area contributed by atoms with Crippen LogP contribution in [0.2, 0.25) is 0 Å². The monoisotopic (exact) mass is 597 g/mol. The van der Waals surface area contributed by atoms with E-state index < -0.39 is 0 Å². The van der Waals surface area contributed by atoms with E-state index in [-0.39, 0.29) is 5.91 Å². The maximum Gasteiger partial charge on any atom is 0.271 e. The second kappa shape index (κ2) is 11.3. The van der Waals surface area contributed by atoms with Crippen molar-refractivity contribution in [3.05, 3.63) is 130 Å². The van der Waals surface area contributed by atoms with E-state index in [0.717, 1.165) is 43.1 Å². The largest absolute Gasteiger partial charge is 0.496 e. The van der Waals surface area contributed by atoms with Crippen LogP contribution in [0.1, 0.15) is 15.9 Å². The van der Waals surface area contributed by atoms with Crippen molar-refractivity contribution >= 4 is 34.7 Å². The minimum Gasteiger partial charge on any atom is -0.496 e. The van der Waals surface area contributed by atoms with Gasteiger partial charge in [-0.1, -0.05) is 60.7 Å². The number of halogens is 1. The summed E-state index contributed by atoms with van der Waals surface area (Å²) in [5.41, 5.74) is 9.38. The number of rotatable bonds is 7. The van der Waals surface area contributed by atoms with Crippen LogP contribution in [0.3, 0.4) is 0 Å². The van der Waals surface area contributed by atoms with Gasteiger partial charge in [0.2, 0.25) is 0 Å². The second-order valence-corrected chi connectivity index (χ2v) is 9.47. The molecule has 1 amide bonds. The molecule has 182 valence electrons. The Morgan fingerprint density at radius 1 is 0.811 bits per heavy atom. The first kappa shape index (κ1) is 24.5. The van der Waals surface area contributed by atoms with Gasteiger partial charge in [0, 0.05) is 11.3 Å². The number of ether oxygens (including phenoxy) is 1. The fourth-order valence-electron chi connectivity index (χ4n) is 4.14. The number of nitrogens with zero attached hydrogens (tertiary/aromatic N) is 2. The summed E-state index contributed by atoms with van der Waals surface area (Å²) in [6.07, 6.45) is 1.62. The number of aromatic nitrogens is 1. The van der Waals surface area contributed by atoms with Crippen LogP contribution in [0, 0.1) is 3.57 Å². The molecular formula is C31H24IN3O2. The van der Waals surface area contributed by atoms with Gasteiger partial charge in [-0.3, -0.25) is 4.79 Å². The standard InChI is InChI=1S/C31H24IN3O2/c1-37-30-19-12-22(20-27(30)32)21-33-34-31(36)25-13-15-26(16-14-25)35-28(23-8-4-2-5-9-23)17-18-29(35)24-10-6-3-7-11-24/h2-21H,1H3,(H,34,36)/b33-21-. The van der Waals surface area contributed by atoms with Crippen molar-refractivity contribution in [1.29, 1.82) is 0 Å². The Labute approximate surface area is 229 Å². The van der Waals surface area contributed by atoms with Crippen LogP contribution >= 0.6 is 22.6 Å². The fraction of sp³-hybridized carbons (Fsp3) is 0.0323. The third-order valence-electron chi connectivity index (χ3n) is 5.96. The lowest BCUT2D eigenvalue weighted by Crippen LogP contribution is -2.17. The van der Waals surface area contributed by atoms with Gasteiger partial charge in [0.25, 0.3) is 5.91 Å². The van der Waals surface area contributed by atoms with Gasteiger partial charge in [0.1, 0.15) is 5.75 Å². The number of hydrogen-bond acceptors (Lipinski definition) is 3. The molecule has 0 spiro atoms. The smallest absolute Gasteiger partial charge is 0.271 e. The molecule has 1 aromatic heterocycles. The van der Waals surface area contributed by atoms with Gasteiger partial charge in [-0.25, -0.2) is 5.43 Å². The lowest BCUT2D eigenvalue weighted by Gasteiger charge is -2.15. The Balaban J connectivity index is 1.40. The SMILES string of the molecule is COc1ccc(/C=N\NC(=O)c2ccc(-n3c(-c4ccccc4)ccc3-c3ccccc3)cc2)cc1I. The number of methoxy groups -OCH3 is 1. The third kappa shape index (κ3) is 5.49. The highest BCUT2D eigenvalue weighted by molar-refractivity contribution is 14.1. The molecule has 0 bridgehead atoms. The van der Waals surface area contributed by atoms with E-state index >= 15 is 0 Å². The van der Waals surface area contributed by atoms with Gasteiger partial charge in [0.15, 0.2) is 0 Å². The zero-order chi connectivity index (χ0) is 25.6. The van der Waals surface area contributed by atoms with Crippen LogP contribution in [-0.2, 0) is 0 Å². The van der Waals surface area contributed by atoms with Crippen LogP contribution in [0.15, 0.2) is 120 Å². The van der Waals surface area contributed by atoms with E-state index in [1.807, 2.05) is 78.9 Å². The predicted molar refractivity (Wildman–Crippen MR) is 157 cm³/mol. The molecule has 4 aromatic carbocycles. The maximum absolute atomic E-state index is 12.7. The molecule has 0 saturated carbocycles. The third-order valence-corrected chi connectivity index (χ3v) is 6.81. The van der Waals surface area contributed by atoms with E-state index in [9.17, 15) is 4.79 Å². The van der Waals surface area contributed by atoms with E-state index in [0.29, 0.717) is 5.56 Å². The highest BCUT2D eigenvalue weighted by atomic mass is 127. The van der Waals surface area contributed by atoms with Crippen LogP contribution in [0.25, 0.3) is 28.2 Å². The zero-order valence-corrected chi connectivity index (χ0v) is 22.3. The Bertz CT molecular complexity index is 1490. The van der Waals surface area contributed by atoms with Crippen molar-refractivity contribution in [2.45, 2.75) is 0 Å². The Morgan fingerprint density at radius 3 is 1.95 bits per heavy atom. The number of benzene rings is 4. The lowest BCUT2D eigenvalue weighted by atomic mass is 10.1. The first-order valence-electron chi connectivity index (χ1n) is 11.7. The molecule has 5 aromatic rings. The Hall–Kier alpha value is -4.17. The van der Waals surface area contributed by atoms with Crippen LogP contribution in [0.5, 0.6) is 5.75 Å². The molecule has 0 radical (unpaired) electrons. The summed E-state index contributed by atoms with van der Waals surface area (Å²) < 4.78 is 8.47. The molecule has 5 nitrogen and oxygen atoms in total. The van der Waals surface area contributed by atoms with Crippen molar-refractivity contribution in [3.8, 4) is 34.0 Å². The van der Waals surface area contributed by atoms with Gasteiger partial charge in [-0.05, 0) is 93.9 Å². The first-order chi connectivity index (χ1) is 18.1. The molecule has 0 aliphatic rings. The average Bonchev–Trinajstić information content (AvgIpc) is 3.39. The number of carbonyl (C=O) groups is 1. The van der Waals surface area contributed by atoms with Crippen molar-refractivity contribution in [2.75, 3.05) is 7.11 Å². The highest BCUT2D eigenvalue weighted by Crippen LogP contribution is 2.32. The summed E-state index contributed by atoms with van der Waals surface area (Å²) >= 11 is 2.20. The van der Waals surface area contributed by atoms with Gasteiger partial charge in [-0.2, -0.15) is 5.10 Å². The molecule has 1 N–H and O–H groups in total. The molecule has 5 rings (SSSR count). The Morgan fingerprint density at radius 2 is 1.41 bits per heavy atom. The van der Waals surface area contributed by atoms with Crippen molar-refractivity contribution in [3.63, 3.8) is 0 Å². The molecule has 0 unspecified atom stereocenters. The minimum absolute atomic E-state index is 0.273. The van der Waals surface area contributed by atoms with Crippen LogP contribution in [-0.4, -0.2) is 23.8 Å². The molecule has 0 fully saturated rings. The minimum atomic E-state index is -0.273. The predicted octanol–water partition coefficient (Wildman–Crippen LogP) is 7.19. The number of nitrogens with one attached hydrogen (secondary N) is 1. The second-order valence-electron chi connectivity index (χ2n) is 8.31. The average molecular weight is 597 g/mol. The van der Waals surface area contributed by atoms with E-state index in [1.165, 1.54) is 0 Å². The van der Waals surface area contributed by atoms with E-state index in [1.54, 1.807) is 13.3 Å². The van der Waals surface area contributed by atoms with Crippen molar-refractivity contribution in [1.82, 2.24) is 9.99 Å². The van der Waals surface area contributed by atoms with Crippen molar-refractivity contribution < 1.29 is 9.53 Å². The Kier molecular flexibility index (Phi) is 7.46. The van der Waals surface area contributed by atoms with E-state index in [2.05, 4.69) is 74.1 Å². The normalized spacial score (nSPS) is 11.0. The zero-order valence-electron chi connectivity index (χ0n) is 20.1. The number of carbonyl (C=O) groups excluding carboxylic acids is 1. The lowest BCUT2D eigenvalue weighted by molar-refractivity contribution is 0.0955. The fourth-order valence-corrected chi connectivity index (χ4v) is 4.90. The topological polar surface area (TPSA) is 55.6 Å². The summed E-state index contributed by atoms with van der Waals surface area (Å²) in [4.78, 5) is 12.7. The number of hydrogen-bond donors (Lipinski definition) is 1. The summed E-state index contributed by atoms with van der Waals surface area (Å²) in [7, 11) is 1.64. The highest BCUT2D eigenvalue weighted by Gasteiger charge is 2.14. The van der Waals surface area contributed by atoms with Gasteiger partial charge in [-0.15, -0.1) is 0 Å². The van der Waals surface area contributed by atoms with Crippen LogP contribution in [0.4, 0.5) is 0 Å². The number of hydrazone groups is 1. The number of amides is 1. The van der Waals surface area contributed by atoms with Crippen molar-refractivity contribution in [2.24, 2.45) is 5.10 Å². The molecule has 6 heteroatoms. The molecule has 1 heterocycles. The molecular weight excluding hydrogens is 573 g/mol. The summed E-state index contributed by atoms with van der Waals surface area (Å²) in [5.74, 6) is 0.528. The summed E-state index contributed by atoms with van der Waals surface area (Å²) in [6, 6.07) is 38.1. The van der Waals surface area contributed by atoms with Gasteiger partial charge in [0.05, 0.1) is 28.3 Å². The molecule has 0 aliphatic heterocycles. The summed E-state index contributed by atoms with van der Waals surface area (Å²) in [6.45, 7) is 0.